The summed E-state index contributed by atoms with van der Waals surface area (Å²) in [7, 11) is 0. The number of ether oxygens (including phenoxy) is 1. The lowest BCUT2D eigenvalue weighted by Crippen LogP contribution is -2.62. The highest BCUT2D eigenvalue weighted by molar-refractivity contribution is 5.94. The van der Waals surface area contributed by atoms with Crippen LogP contribution in [0.5, 0.6) is 0 Å². The van der Waals surface area contributed by atoms with Crippen LogP contribution in [0.15, 0.2) is 36.2 Å². The third-order valence-corrected chi connectivity index (χ3v) is 9.74. The van der Waals surface area contributed by atoms with Crippen LogP contribution in [0.3, 0.4) is 0 Å². The van der Waals surface area contributed by atoms with E-state index in [0.717, 1.165) is 24.8 Å². The Morgan fingerprint density at radius 3 is 2.74 bits per heavy atom. The van der Waals surface area contributed by atoms with Crippen molar-refractivity contribution in [2.75, 3.05) is 6.61 Å². The van der Waals surface area contributed by atoms with Gasteiger partial charge in [-0.15, -0.1) is 0 Å². The number of aromatic nitrogens is 1. The molecule has 1 aromatic rings. The van der Waals surface area contributed by atoms with E-state index in [-0.39, 0.29) is 34.5 Å². The molecular weight excluding hydrogens is 434 g/mol. The van der Waals surface area contributed by atoms with Crippen LogP contribution >= 0.6 is 0 Å². The molecule has 0 bridgehead atoms. The van der Waals surface area contributed by atoms with Crippen molar-refractivity contribution in [3.05, 3.63) is 41.7 Å². The largest absolute Gasteiger partial charge is 0.454 e. The minimum absolute atomic E-state index is 0.0135. The van der Waals surface area contributed by atoms with E-state index < -0.39 is 35.5 Å². The van der Waals surface area contributed by atoms with Gasteiger partial charge in [-0.1, -0.05) is 19.4 Å². The minimum atomic E-state index is -1.65. The molecule has 2 N–H and O–H groups in total. The summed E-state index contributed by atoms with van der Waals surface area (Å²) in [5.74, 6) is -0.725. The molecule has 7 atom stereocenters. The van der Waals surface area contributed by atoms with Crippen molar-refractivity contribution in [1.29, 1.82) is 0 Å². The normalized spacial score (nSPS) is 41.1. The fourth-order valence-corrected chi connectivity index (χ4v) is 7.97. The van der Waals surface area contributed by atoms with Crippen LogP contribution < -0.4 is 0 Å². The van der Waals surface area contributed by atoms with Crippen LogP contribution in [0.1, 0.15) is 69.2 Å². The maximum absolute atomic E-state index is 13.3. The maximum Gasteiger partial charge on any atom is 0.340 e. The minimum Gasteiger partial charge on any atom is -0.454 e. The number of allylic oxidation sites excluding steroid dienone is 1. The van der Waals surface area contributed by atoms with Gasteiger partial charge in [-0.3, -0.25) is 14.6 Å². The Morgan fingerprint density at radius 1 is 1.21 bits per heavy atom. The van der Waals surface area contributed by atoms with E-state index in [9.17, 15) is 24.6 Å². The number of ketones is 2. The van der Waals surface area contributed by atoms with E-state index in [2.05, 4.69) is 11.9 Å². The van der Waals surface area contributed by atoms with Gasteiger partial charge in [0.2, 0.25) is 5.78 Å². The molecule has 0 aromatic carbocycles. The first-order valence-electron chi connectivity index (χ1n) is 12.3. The number of nitrogens with zero attached hydrogens (tertiary/aromatic N) is 1. The van der Waals surface area contributed by atoms with Crippen molar-refractivity contribution in [2.24, 2.45) is 28.6 Å². The molecule has 0 amide bonds. The van der Waals surface area contributed by atoms with Crippen LogP contribution in [0.25, 0.3) is 0 Å². The molecule has 3 saturated carbocycles. The Hall–Kier alpha value is -2.38. The Kier molecular flexibility index (Phi) is 5.56. The Bertz CT molecular complexity index is 1050. The monoisotopic (exact) mass is 467 g/mol. The summed E-state index contributed by atoms with van der Waals surface area (Å²) < 4.78 is 5.23. The first-order valence-corrected chi connectivity index (χ1v) is 12.3. The second-order valence-electron chi connectivity index (χ2n) is 11.2. The lowest BCUT2D eigenvalue weighted by atomic mass is 9.45. The number of hydrogen-bond acceptors (Lipinski definition) is 7. The highest BCUT2D eigenvalue weighted by atomic mass is 16.5. The van der Waals surface area contributed by atoms with Gasteiger partial charge < -0.3 is 14.9 Å². The van der Waals surface area contributed by atoms with Gasteiger partial charge in [0.15, 0.2) is 12.4 Å². The zero-order chi connectivity index (χ0) is 24.3. The molecule has 5 rings (SSSR count). The zero-order valence-electron chi connectivity index (χ0n) is 19.8. The molecule has 0 spiro atoms. The van der Waals surface area contributed by atoms with Crippen LogP contribution in [-0.4, -0.2) is 51.0 Å². The number of aliphatic hydroxyl groups excluding tert-OH is 1. The Balaban J connectivity index is 1.37. The highest BCUT2D eigenvalue weighted by Crippen LogP contribution is 2.67. The van der Waals surface area contributed by atoms with E-state index in [0.29, 0.717) is 25.7 Å². The summed E-state index contributed by atoms with van der Waals surface area (Å²) in [4.78, 5) is 41.5. The van der Waals surface area contributed by atoms with Crippen molar-refractivity contribution in [2.45, 2.75) is 70.5 Å². The van der Waals surface area contributed by atoms with Crippen molar-refractivity contribution in [3.63, 3.8) is 0 Å². The summed E-state index contributed by atoms with van der Waals surface area (Å²) in [6.45, 7) is 3.59. The van der Waals surface area contributed by atoms with Crippen LogP contribution in [-0.2, 0) is 14.3 Å². The van der Waals surface area contributed by atoms with Crippen molar-refractivity contribution in [1.82, 2.24) is 4.98 Å². The topological polar surface area (TPSA) is 114 Å². The van der Waals surface area contributed by atoms with Crippen LogP contribution in [0.4, 0.5) is 0 Å². The summed E-state index contributed by atoms with van der Waals surface area (Å²) in [6.07, 6.45) is 8.24. The van der Waals surface area contributed by atoms with Gasteiger partial charge in [0, 0.05) is 24.2 Å². The molecule has 0 aliphatic heterocycles. The van der Waals surface area contributed by atoms with E-state index in [1.54, 1.807) is 24.4 Å². The van der Waals surface area contributed by atoms with Crippen molar-refractivity contribution >= 4 is 17.5 Å². The number of esters is 1. The second kappa shape index (κ2) is 8.09. The number of Topliss-reactive ketones (excluding diaryl/α,β-unsaturated/α-hetero) is 1. The van der Waals surface area contributed by atoms with Gasteiger partial charge in [0.25, 0.3) is 0 Å². The molecule has 4 aliphatic rings. The lowest BCUT2D eigenvalue weighted by Gasteiger charge is -2.60. The molecule has 7 heteroatoms. The third-order valence-electron chi connectivity index (χ3n) is 9.74. The number of carbonyl (C=O) groups is 3. The van der Waals surface area contributed by atoms with Gasteiger partial charge in [0.1, 0.15) is 5.60 Å². The molecule has 3 fully saturated rings. The standard InChI is InChI=1S/C27H33NO6/c1-25-9-7-18(29)12-17(25)5-6-19-20-8-10-27(33,26(20,2)13-21(30)23(19)25)22(31)15-34-24(32)16-4-3-11-28-14-16/h3-4,11-12,14,19-21,23,30,33H,5-10,13,15H2,1-2H3/t19-,20+,21+,23-,25+,26-,27+/m1/s1. The molecule has 1 heterocycles. The van der Waals surface area contributed by atoms with Crippen molar-refractivity contribution < 1.29 is 29.3 Å². The molecule has 0 unspecified atom stereocenters. The number of aliphatic hydroxyl groups is 2. The first-order chi connectivity index (χ1) is 16.1. The van der Waals surface area contributed by atoms with Gasteiger partial charge in [-0.25, -0.2) is 4.79 Å². The predicted molar refractivity (Wildman–Crippen MR) is 123 cm³/mol. The first kappa shape index (κ1) is 23.4. The van der Waals surface area contributed by atoms with Crippen molar-refractivity contribution in [3.8, 4) is 0 Å². The van der Waals surface area contributed by atoms with Crippen LogP contribution in [0.2, 0.25) is 0 Å². The average Bonchev–Trinajstić information content (AvgIpc) is 3.09. The number of carbonyl (C=O) groups excluding carboxylic acids is 3. The third kappa shape index (κ3) is 3.31. The molecule has 34 heavy (non-hydrogen) atoms. The molecular formula is C27H33NO6. The SMILES string of the molecule is C[C@]12CCC(=O)C=C1CC[C@H]1[C@@H]2[C@@H](O)C[C@]2(C)[C@H]1CC[C@]2(O)C(=O)COC(=O)c1cccnc1. The summed E-state index contributed by atoms with van der Waals surface area (Å²) in [6, 6.07) is 3.17. The maximum atomic E-state index is 13.3. The summed E-state index contributed by atoms with van der Waals surface area (Å²) >= 11 is 0. The molecule has 182 valence electrons. The van der Waals surface area contributed by atoms with E-state index in [1.807, 2.05) is 6.92 Å². The predicted octanol–water partition coefficient (Wildman–Crippen LogP) is 3.04. The molecule has 0 radical (unpaired) electrons. The number of fused-ring (bicyclic) bond motifs is 5. The summed E-state index contributed by atoms with van der Waals surface area (Å²) in [5, 5.41) is 23.2. The van der Waals surface area contributed by atoms with Gasteiger partial charge in [-0.05, 0) is 79.9 Å². The second-order valence-corrected chi connectivity index (χ2v) is 11.2. The zero-order valence-corrected chi connectivity index (χ0v) is 19.8. The fraction of sp³-hybridized carbons (Fsp3) is 0.630. The Morgan fingerprint density at radius 2 is 2.00 bits per heavy atom. The quantitative estimate of drug-likeness (QED) is 0.654. The number of rotatable bonds is 4. The van der Waals surface area contributed by atoms with Gasteiger partial charge in [-0.2, -0.15) is 0 Å². The average molecular weight is 468 g/mol. The summed E-state index contributed by atoms with van der Waals surface area (Å²) in [5.41, 5.74) is -1.27. The fourth-order valence-electron chi connectivity index (χ4n) is 7.97. The smallest absolute Gasteiger partial charge is 0.340 e. The Labute approximate surface area is 199 Å². The lowest BCUT2D eigenvalue weighted by molar-refractivity contribution is -0.182. The van der Waals surface area contributed by atoms with E-state index in [4.69, 9.17) is 4.74 Å². The van der Waals surface area contributed by atoms with Gasteiger partial charge in [0.05, 0.1) is 11.7 Å². The molecule has 0 saturated heterocycles. The van der Waals surface area contributed by atoms with Gasteiger partial charge >= 0.3 is 5.97 Å². The number of pyridine rings is 1. The van der Waals surface area contributed by atoms with Crippen LogP contribution in [0, 0.1) is 28.6 Å². The molecule has 1 aromatic heterocycles. The number of hydrogen-bond donors (Lipinski definition) is 2. The molecule has 7 nitrogen and oxygen atoms in total. The van der Waals surface area contributed by atoms with E-state index in [1.165, 1.54) is 6.20 Å². The molecule has 4 aliphatic carbocycles. The van der Waals surface area contributed by atoms with E-state index >= 15 is 0 Å². The highest BCUT2D eigenvalue weighted by Gasteiger charge is 2.68.